The molecule has 14 heavy (non-hydrogen) atoms. The standard InChI is InChI=1S/C11H21NO2/c1-5-8-6-7-9(12-8)10(13)14-11(2,3)4/h8-9,12H,5-7H2,1-4H3/t8-,9+/m1/s1. The van der Waals surface area contributed by atoms with E-state index < -0.39 is 0 Å². The monoisotopic (exact) mass is 199 g/mol. The predicted molar refractivity (Wildman–Crippen MR) is 56.1 cm³/mol. The van der Waals surface area contributed by atoms with Gasteiger partial charge in [-0.25, -0.2) is 0 Å². The third-order valence-corrected chi connectivity index (χ3v) is 2.42. The zero-order chi connectivity index (χ0) is 10.8. The molecule has 0 unspecified atom stereocenters. The Balaban J connectivity index is 2.40. The fourth-order valence-electron chi connectivity index (χ4n) is 1.70. The molecule has 0 radical (unpaired) electrons. The lowest BCUT2D eigenvalue weighted by atomic mass is 10.1. The van der Waals surface area contributed by atoms with Crippen molar-refractivity contribution in [3.8, 4) is 0 Å². The number of hydrogen-bond donors (Lipinski definition) is 1. The van der Waals surface area contributed by atoms with E-state index in [4.69, 9.17) is 4.74 Å². The third-order valence-electron chi connectivity index (χ3n) is 2.42. The maximum Gasteiger partial charge on any atom is 0.323 e. The van der Waals surface area contributed by atoms with Gasteiger partial charge in [0.2, 0.25) is 0 Å². The van der Waals surface area contributed by atoms with Gasteiger partial charge in [0.1, 0.15) is 11.6 Å². The molecule has 1 rings (SSSR count). The highest BCUT2D eigenvalue weighted by atomic mass is 16.6. The summed E-state index contributed by atoms with van der Waals surface area (Å²) in [6, 6.07) is 0.409. The molecule has 1 N–H and O–H groups in total. The quantitative estimate of drug-likeness (QED) is 0.690. The first kappa shape index (κ1) is 11.5. The summed E-state index contributed by atoms with van der Waals surface area (Å²) < 4.78 is 5.31. The van der Waals surface area contributed by atoms with Crippen molar-refractivity contribution in [2.45, 2.75) is 64.6 Å². The summed E-state index contributed by atoms with van der Waals surface area (Å²) in [4.78, 5) is 11.6. The van der Waals surface area contributed by atoms with Gasteiger partial charge in [-0.3, -0.25) is 4.79 Å². The summed E-state index contributed by atoms with van der Waals surface area (Å²) in [5.41, 5.74) is -0.372. The summed E-state index contributed by atoms with van der Waals surface area (Å²) in [5, 5.41) is 3.29. The maximum atomic E-state index is 11.6. The van der Waals surface area contributed by atoms with Crippen molar-refractivity contribution in [2.24, 2.45) is 0 Å². The normalized spacial score (nSPS) is 27.7. The highest BCUT2D eigenvalue weighted by Crippen LogP contribution is 2.18. The van der Waals surface area contributed by atoms with E-state index in [1.54, 1.807) is 0 Å². The van der Waals surface area contributed by atoms with Crippen LogP contribution in [0.5, 0.6) is 0 Å². The number of rotatable bonds is 2. The van der Waals surface area contributed by atoms with Crippen molar-refractivity contribution < 1.29 is 9.53 Å². The van der Waals surface area contributed by atoms with Gasteiger partial charge < -0.3 is 10.1 Å². The van der Waals surface area contributed by atoms with Gasteiger partial charge in [0, 0.05) is 6.04 Å². The van der Waals surface area contributed by atoms with Crippen molar-refractivity contribution in [3.05, 3.63) is 0 Å². The zero-order valence-corrected chi connectivity index (χ0v) is 9.59. The van der Waals surface area contributed by atoms with Crippen molar-refractivity contribution in [1.82, 2.24) is 5.32 Å². The lowest BCUT2D eigenvalue weighted by Gasteiger charge is -2.22. The molecule has 0 saturated carbocycles. The fourth-order valence-corrected chi connectivity index (χ4v) is 1.70. The second kappa shape index (κ2) is 4.30. The first-order chi connectivity index (χ1) is 6.42. The molecule has 0 aliphatic carbocycles. The van der Waals surface area contributed by atoms with Gasteiger partial charge in [-0.15, -0.1) is 0 Å². The summed E-state index contributed by atoms with van der Waals surface area (Å²) in [6.07, 6.45) is 3.08. The van der Waals surface area contributed by atoms with Crippen LogP contribution < -0.4 is 5.32 Å². The molecule has 1 aliphatic rings. The highest BCUT2D eigenvalue weighted by molar-refractivity contribution is 5.76. The molecule has 3 heteroatoms. The fraction of sp³-hybridized carbons (Fsp3) is 0.909. The highest BCUT2D eigenvalue weighted by Gasteiger charge is 2.31. The number of nitrogens with one attached hydrogen (secondary N) is 1. The largest absolute Gasteiger partial charge is 0.459 e. The molecule has 0 bridgehead atoms. The minimum absolute atomic E-state index is 0.0841. The number of carbonyl (C=O) groups excluding carboxylic acids is 1. The van der Waals surface area contributed by atoms with E-state index in [9.17, 15) is 4.79 Å². The Morgan fingerprint density at radius 3 is 2.50 bits per heavy atom. The van der Waals surface area contributed by atoms with Gasteiger partial charge in [0.25, 0.3) is 0 Å². The Hall–Kier alpha value is -0.570. The Morgan fingerprint density at radius 1 is 1.43 bits per heavy atom. The van der Waals surface area contributed by atoms with Crippen molar-refractivity contribution in [3.63, 3.8) is 0 Å². The average molecular weight is 199 g/mol. The maximum absolute atomic E-state index is 11.6. The summed E-state index contributed by atoms with van der Waals surface area (Å²) in [7, 11) is 0. The Bertz CT molecular complexity index is 208. The molecule has 3 nitrogen and oxygen atoms in total. The van der Waals surface area contributed by atoms with Crippen LogP contribution in [0.15, 0.2) is 0 Å². The van der Waals surface area contributed by atoms with Gasteiger partial charge >= 0.3 is 5.97 Å². The topological polar surface area (TPSA) is 38.3 Å². The van der Waals surface area contributed by atoms with Crippen LogP contribution in [0.1, 0.15) is 47.0 Å². The van der Waals surface area contributed by atoms with Gasteiger partial charge in [0.05, 0.1) is 0 Å². The van der Waals surface area contributed by atoms with E-state index >= 15 is 0 Å². The molecular weight excluding hydrogens is 178 g/mol. The van der Waals surface area contributed by atoms with E-state index in [1.807, 2.05) is 20.8 Å². The molecular formula is C11H21NO2. The van der Waals surface area contributed by atoms with Crippen LogP contribution in [0.4, 0.5) is 0 Å². The molecule has 0 aromatic carbocycles. The van der Waals surface area contributed by atoms with Crippen LogP contribution in [0.2, 0.25) is 0 Å². The molecule has 0 amide bonds. The smallest absolute Gasteiger partial charge is 0.323 e. The Labute approximate surface area is 86.2 Å². The van der Waals surface area contributed by atoms with Gasteiger partial charge in [-0.2, -0.15) is 0 Å². The summed E-state index contributed by atoms with van der Waals surface area (Å²) in [6.45, 7) is 7.83. The Morgan fingerprint density at radius 2 is 2.07 bits per heavy atom. The first-order valence-electron chi connectivity index (χ1n) is 5.41. The van der Waals surface area contributed by atoms with Crippen LogP contribution in [0.25, 0.3) is 0 Å². The van der Waals surface area contributed by atoms with Crippen LogP contribution in [0, 0.1) is 0 Å². The van der Waals surface area contributed by atoms with E-state index in [1.165, 1.54) is 0 Å². The number of ether oxygens (including phenoxy) is 1. The van der Waals surface area contributed by atoms with Crippen molar-refractivity contribution in [1.29, 1.82) is 0 Å². The minimum Gasteiger partial charge on any atom is -0.459 e. The lowest BCUT2D eigenvalue weighted by Crippen LogP contribution is -2.39. The van der Waals surface area contributed by atoms with Crippen molar-refractivity contribution >= 4 is 5.97 Å². The van der Waals surface area contributed by atoms with E-state index in [0.717, 1.165) is 19.3 Å². The number of esters is 1. The number of carbonyl (C=O) groups is 1. The molecule has 2 atom stereocenters. The van der Waals surface area contributed by atoms with E-state index in [-0.39, 0.29) is 17.6 Å². The molecule has 1 heterocycles. The first-order valence-corrected chi connectivity index (χ1v) is 5.41. The van der Waals surface area contributed by atoms with Crippen LogP contribution in [-0.2, 0) is 9.53 Å². The Kier molecular flexibility index (Phi) is 3.53. The van der Waals surface area contributed by atoms with E-state index in [0.29, 0.717) is 6.04 Å². The van der Waals surface area contributed by atoms with Gasteiger partial charge in [-0.05, 0) is 40.0 Å². The third kappa shape index (κ3) is 3.29. The lowest BCUT2D eigenvalue weighted by molar-refractivity contribution is -0.157. The van der Waals surface area contributed by atoms with Crippen LogP contribution in [-0.4, -0.2) is 23.7 Å². The summed E-state index contributed by atoms with van der Waals surface area (Å²) >= 11 is 0. The van der Waals surface area contributed by atoms with Crippen LogP contribution >= 0.6 is 0 Å². The van der Waals surface area contributed by atoms with Gasteiger partial charge in [-0.1, -0.05) is 6.92 Å². The second-order valence-electron chi connectivity index (χ2n) is 4.94. The molecule has 0 aromatic heterocycles. The average Bonchev–Trinajstić information content (AvgIpc) is 2.48. The second-order valence-corrected chi connectivity index (χ2v) is 4.94. The molecule has 82 valence electrons. The molecule has 0 aromatic rings. The molecule has 0 spiro atoms. The predicted octanol–water partition coefficient (Wildman–Crippen LogP) is 1.86. The van der Waals surface area contributed by atoms with Crippen LogP contribution in [0.3, 0.4) is 0 Å². The van der Waals surface area contributed by atoms with Crippen molar-refractivity contribution in [2.75, 3.05) is 0 Å². The molecule has 1 fully saturated rings. The minimum atomic E-state index is -0.372. The molecule has 1 aliphatic heterocycles. The summed E-state index contributed by atoms with van der Waals surface area (Å²) in [5.74, 6) is -0.103. The van der Waals surface area contributed by atoms with E-state index in [2.05, 4.69) is 12.2 Å². The zero-order valence-electron chi connectivity index (χ0n) is 9.59. The molecule has 1 saturated heterocycles. The van der Waals surface area contributed by atoms with Gasteiger partial charge in [0.15, 0.2) is 0 Å². The SMILES string of the molecule is CC[C@@H]1CC[C@@H](C(=O)OC(C)(C)C)N1. The number of hydrogen-bond acceptors (Lipinski definition) is 3.